The van der Waals surface area contributed by atoms with Crippen molar-refractivity contribution in [2.45, 2.75) is 44.2 Å². The molecule has 3 N–H and O–H groups in total. The molecule has 3 fully saturated rings. The van der Waals surface area contributed by atoms with Crippen LogP contribution < -0.4 is 11.1 Å². The number of amides is 2. The molecule has 19 heavy (non-hydrogen) atoms. The van der Waals surface area contributed by atoms with E-state index in [1.54, 1.807) is 4.90 Å². The Kier molecular flexibility index (Phi) is 3.93. The van der Waals surface area contributed by atoms with Crippen LogP contribution in [0.15, 0.2) is 0 Å². The van der Waals surface area contributed by atoms with E-state index in [1.165, 1.54) is 32.4 Å². The van der Waals surface area contributed by atoms with Crippen molar-refractivity contribution < 1.29 is 4.79 Å². The normalized spacial score (nSPS) is 29.9. The lowest BCUT2D eigenvalue weighted by Crippen LogP contribution is -2.47. The summed E-state index contributed by atoms with van der Waals surface area (Å²) >= 11 is 0. The van der Waals surface area contributed by atoms with Crippen molar-refractivity contribution in [3.63, 3.8) is 0 Å². The Morgan fingerprint density at radius 1 is 1.11 bits per heavy atom. The van der Waals surface area contributed by atoms with Crippen LogP contribution in [-0.4, -0.2) is 60.6 Å². The Morgan fingerprint density at radius 3 is 2.47 bits per heavy atom. The lowest BCUT2D eigenvalue weighted by Gasteiger charge is -2.31. The number of nitrogens with two attached hydrogens (primary N) is 1. The molecule has 1 saturated carbocycles. The minimum absolute atomic E-state index is 0.269. The molecule has 5 heteroatoms. The summed E-state index contributed by atoms with van der Waals surface area (Å²) in [6, 6.07) is 1.23. The number of carbonyl (C=O) groups excluding carboxylic acids is 1. The molecule has 1 aliphatic carbocycles. The number of primary amides is 1. The molecule has 0 bridgehead atoms. The molecule has 5 nitrogen and oxygen atoms in total. The van der Waals surface area contributed by atoms with Crippen molar-refractivity contribution in [2.75, 3.05) is 32.7 Å². The predicted molar refractivity (Wildman–Crippen MR) is 74.9 cm³/mol. The monoisotopic (exact) mass is 266 g/mol. The van der Waals surface area contributed by atoms with Crippen LogP contribution in [-0.2, 0) is 0 Å². The van der Waals surface area contributed by atoms with Gasteiger partial charge in [-0.2, -0.15) is 0 Å². The van der Waals surface area contributed by atoms with Gasteiger partial charge in [0.25, 0.3) is 0 Å². The zero-order chi connectivity index (χ0) is 13.2. The average molecular weight is 266 g/mol. The molecule has 1 unspecified atom stereocenters. The first kappa shape index (κ1) is 13.2. The fourth-order valence-electron chi connectivity index (χ4n) is 3.44. The summed E-state index contributed by atoms with van der Waals surface area (Å²) in [6.07, 6.45) is 6.28. The smallest absolute Gasteiger partial charge is 0.314 e. The molecule has 0 spiro atoms. The van der Waals surface area contributed by atoms with Gasteiger partial charge in [0.1, 0.15) is 0 Å². The van der Waals surface area contributed by atoms with Crippen LogP contribution in [0.3, 0.4) is 0 Å². The van der Waals surface area contributed by atoms with Gasteiger partial charge in [-0.1, -0.05) is 0 Å². The summed E-state index contributed by atoms with van der Waals surface area (Å²) < 4.78 is 0. The van der Waals surface area contributed by atoms with Gasteiger partial charge in [-0.25, -0.2) is 4.79 Å². The van der Waals surface area contributed by atoms with Crippen LogP contribution in [0, 0.1) is 5.92 Å². The quantitative estimate of drug-likeness (QED) is 0.783. The van der Waals surface area contributed by atoms with Crippen molar-refractivity contribution in [1.82, 2.24) is 15.1 Å². The maximum Gasteiger partial charge on any atom is 0.314 e. The summed E-state index contributed by atoms with van der Waals surface area (Å²) in [7, 11) is 0. The largest absolute Gasteiger partial charge is 0.351 e. The molecular weight excluding hydrogens is 240 g/mol. The van der Waals surface area contributed by atoms with Gasteiger partial charge in [0, 0.05) is 31.7 Å². The number of hydrogen-bond acceptors (Lipinski definition) is 3. The number of piperidine rings is 1. The summed E-state index contributed by atoms with van der Waals surface area (Å²) in [6.45, 7) is 5.36. The number of urea groups is 1. The molecule has 0 aromatic rings. The predicted octanol–water partition coefficient (Wildman–Crippen LogP) is 0.603. The molecule has 2 heterocycles. The van der Waals surface area contributed by atoms with Gasteiger partial charge in [0.05, 0.1) is 0 Å². The molecule has 2 saturated heterocycles. The van der Waals surface area contributed by atoms with Gasteiger partial charge >= 0.3 is 6.03 Å². The lowest BCUT2D eigenvalue weighted by molar-refractivity contribution is 0.184. The molecule has 0 aromatic heterocycles. The van der Waals surface area contributed by atoms with E-state index in [0.29, 0.717) is 6.04 Å². The first-order valence-electron chi connectivity index (χ1n) is 7.74. The summed E-state index contributed by atoms with van der Waals surface area (Å²) in [4.78, 5) is 15.5. The van der Waals surface area contributed by atoms with E-state index in [-0.39, 0.29) is 6.03 Å². The third-order valence-electron chi connectivity index (χ3n) is 4.88. The molecule has 3 rings (SSSR count). The fourth-order valence-corrected chi connectivity index (χ4v) is 3.44. The molecule has 0 aromatic carbocycles. The van der Waals surface area contributed by atoms with Gasteiger partial charge in [0.15, 0.2) is 0 Å². The van der Waals surface area contributed by atoms with Crippen molar-refractivity contribution in [1.29, 1.82) is 0 Å². The number of nitrogens with zero attached hydrogens (tertiary/aromatic N) is 2. The zero-order valence-corrected chi connectivity index (χ0v) is 11.7. The van der Waals surface area contributed by atoms with Crippen LogP contribution in [0.25, 0.3) is 0 Å². The number of likely N-dealkylation sites (tertiary alicyclic amines) is 2. The number of nitrogens with one attached hydrogen (secondary N) is 1. The van der Waals surface area contributed by atoms with E-state index in [0.717, 1.165) is 44.4 Å². The van der Waals surface area contributed by atoms with Crippen LogP contribution >= 0.6 is 0 Å². The van der Waals surface area contributed by atoms with E-state index < -0.39 is 0 Å². The first-order chi connectivity index (χ1) is 9.22. The number of rotatable bonds is 4. The van der Waals surface area contributed by atoms with Crippen LogP contribution in [0.4, 0.5) is 4.79 Å². The van der Waals surface area contributed by atoms with E-state index in [1.807, 2.05) is 0 Å². The van der Waals surface area contributed by atoms with Gasteiger partial charge in [0.2, 0.25) is 0 Å². The highest BCUT2D eigenvalue weighted by molar-refractivity contribution is 5.72. The third kappa shape index (κ3) is 3.39. The maximum absolute atomic E-state index is 11.1. The molecule has 3 aliphatic rings. The zero-order valence-electron chi connectivity index (χ0n) is 11.7. The van der Waals surface area contributed by atoms with Gasteiger partial charge in [-0.15, -0.1) is 0 Å². The van der Waals surface area contributed by atoms with Crippen molar-refractivity contribution in [2.24, 2.45) is 11.7 Å². The minimum Gasteiger partial charge on any atom is -0.351 e. The number of carbonyl (C=O) groups is 1. The third-order valence-corrected chi connectivity index (χ3v) is 4.88. The number of hydrogen-bond donors (Lipinski definition) is 2. The minimum atomic E-state index is -0.269. The second kappa shape index (κ2) is 5.67. The van der Waals surface area contributed by atoms with E-state index in [9.17, 15) is 4.79 Å². The highest BCUT2D eigenvalue weighted by Crippen LogP contribution is 2.31. The van der Waals surface area contributed by atoms with Crippen molar-refractivity contribution in [3.05, 3.63) is 0 Å². The molecule has 0 radical (unpaired) electrons. The lowest BCUT2D eigenvalue weighted by atomic mass is 10.0. The summed E-state index contributed by atoms with van der Waals surface area (Å²) in [5.74, 6) is 0.828. The standard InChI is InChI=1S/C14H26N4O/c15-14(19)17-7-4-12(5-8-17)16-9-11-3-6-18(10-11)13-1-2-13/h11-13,16H,1-10H2,(H2,15,19). The average Bonchev–Trinajstić information content (AvgIpc) is 3.16. The Bertz CT molecular complexity index is 323. The highest BCUT2D eigenvalue weighted by atomic mass is 16.2. The second-order valence-corrected chi connectivity index (χ2v) is 6.39. The van der Waals surface area contributed by atoms with Crippen LogP contribution in [0.5, 0.6) is 0 Å². The van der Waals surface area contributed by atoms with Crippen molar-refractivity contribution in [3.8, 4) is 0 Å². The van der Waals surface area contributed by atoms with Gasteiger partial charge in [-0.05, 0) is 51.1 Å². The summed E-state index contributed by atoms with van der Waals surface area (Å²) in [5, 5.41) is 3.70. The van der Waals surface area contributed by atoms with Gasteiger partial charge < -0.3 is 20.9 Å². The molecule has 2 aliphatic heterocycles. The Hall–Kier alpha value is -0.810. The van der Waals surface area contributed by atoms with E-state index >= 15 is 0 Å². The molecule has 108 valence electrons. The first-order valence-corrected chi connectivity index (χ1v) is 7.74. The maximum atomic E-state index is 11.1. The molecular formula is C14H26N4O. The van der Waals surface area contributed by atoms with Crippen LogP contribution in [0.1, 0.15) is 32.1 Å². The Balaban J connectivity index is 1.33. The van der Waals surface area contributed by atoms with E-state index in [2.05, 4.69) is 10.2 Å². The van der Waals surface area contributed by atoms with E-state index in [4.69, 9.17) is 5.73 Å². The van der Waals surface area contributed by atoms with Crippen LogP contribution in [0.2, 0.25) is 0 Å². The second-order valence-electron chi connectivity index (χ2n) is 6.39. The highest BCUT2D eigenvalue weighted by Gasteiger charge is 2.34. The SMILES string of the molecule is NC(=O)N1CCC(NCC2CCN(C3CC3)C2)CC1. The molecule has 1 atom stereocenters. The topological polar surface area (TPSA) is 61.6 Å². The fraction of sp³-hybridized carbons (Fsp3) is 0.929. The summed E-state index contributed by atoms with van der Waals surface area (Å²) in [5.41, 5.74) is 5.30. The van der Waals surface area contributed by atoms with Gasteiger partial charge in [-0.3, -0.25) is 0 Å². The molecule has 2 amide bonds. The van der Waals surface area contributed by atoms with Crippen molar-refractivity contribution >= 4 is 6.03 Å². The Labute approximate surface area is 115 Å². The Morgan fingerprint density at radius 2 is 1.84 bits per heavy atom.